The molecule has 0 aliphatic carbocycles. The maximum absolute atomic E-state index is 14.8. The molecule has 166 valence electrons. The fourth-order valence-corrected chi connectivity index (χ4v) is 5.46. The number of aromatic hydroxyl groups is 1. The standard InChI is InChI=1S/C25H28FN5O/c1-24-8-9-25(2,30-24)15-17(14-24)31(3)23-5-4-21(28-29-23)19-12-20(26)18(13-22(19)32)16-6-10-27-11-7-16/h4-7,10-13,17,30,32H,8-9,14-15H2,1-3H3/t17?,24-,25+. The lowest BCUT2D eigenvalue weighted by Crippen LogP contribution is -2.58. The Labute approximate surface area is 187 Å². The van der Waals surface area contributed by atoms with Crippen LogP contribution in [0.25, 0.3) is 22.4 Å². The largest absolute Gasteiger partial charge is 0.507 e. The molecule has 1 unspecified atom stereocenters. The third kappa shape index (κ3) is 3.71. The molecule has 2 aromatic heterocycles. The van der Waals surface area contributed by atoms with E-state index in [4.69, 9.17) is 0 Å². The van der Waals surface area contributed by atoms with E-state index < -0.39 is 5.82 Å². The molecule has 6 nitrogen and oxygen atoms in total. The second-order valence-electron chi connectivity index (χ2n) is 9.78. The lowest BCUT2D eigenvalue weighted by molar-refractivity contribution is 0.207. The molecule has 32 heavy (non-hydrogen) atoms. The monoisotopic (exact) mass is 433 g/mol. The van der Waals surface area contributed by atoms with E-state index in [0.29, 0.717) is 28.4 Å². The van der Waals surface area contributed by atoms with Crippen molar-refractivity contribution in [1.29, 1.82) is 0 Å². The van der Waals surface area contributed by atoms with Gasteiger partial charge < -0.3 is 15.3 Å². The number of hydrogen-bond acceptors (Lipinski definition) is 6. The van der Waals surface area contributed by atoms with Gasteiger partial charge >= 0.3 is 0 Å². The van der Waals surface area contributed by atoms with Crippen LogP contribution in [0.1, 0.15) is 39.5 Å². The van der Waals surface area contributed by atoms with Crippen LogP contribution in [0.15, 0.2) is 48.8 Å². The highest BCUT2D eigenvalue weighted by atomic mass is 19.1. The van der Waals surface area contributed by atoms with Crippen LogP contribution in [0.3, 0.4) is 0 Å². The normalized spacial score (nSPS) is 26.8. The molecule has 2 saturated heterocycles. The summed E-state index contributed by atoms with van der Waals surface area (Å²) in [6.45, 7) is 4.61. The molecule has 0 amide bonds. The van der Waals surface area contributed by atoms with Gasteiger partial charge in [0, 0.05) is 47.7 Å². The van der Waals surface area contributed by atoms with Crippen LogP contribution >= 0.6 is 0 Å². The van der Waals surface area contributed by atoms with E-state index in [-0.39, 0.29) is 16.8 Å². The SMILES string of the molecule is CN(c1ccc(-c2cc(F)c(-c3ccncc3)cc2O)nn1)C1C[C@]2(C)CC[C@](C)(C1)N2. The quantitative estimate of drug-likeness (QED) is 0.629. The van der Waals surface area contributed by atoms with Crippen LogP contribution in [0, 0.1) is 5.82 Å². The number of aromatic nitrogens is 3. The second-order valence-corrected chi connectivity index (χ2v) is 9.78. The van der Waals surface area contributed by atoms with Gasteiger partial charge in [-0.15, -0.1) is 10.2 Å². The molecule has 0 radical (unpaired) electrons. The van der Waals surface area contributed by atoms with E-state index in [2.05, 4.69) is 46.3 Å². The highest BCUT2D eigenvalue weighted by Crippen LogP contribution is 2.44. The van der Waals surface area contributed by atoms with Crippen molar-refractivity contribution in [2.45, 2.75) is 56.7 Å². The van der Waals surface area contributed by atoms with E-state index >= 15 is 0 Å². The van der Waals surface area contributed by atoms with E-state index in [1.807, 2.05) is 6.07 Å². The summed E-state index contributed by atoms with van der Waals surface area (Å²) in [5.41, 5.74) is 2.06. The number of hydrogen-bond donors (Lipinski definition) is 2. The zero-order valence-corrected chi connectivity index (χ0v) is 18.6. The van der Waals surface area contributed by atoms with Gasteiger partial charge in [0.1, 0.15) is 11.6 Å². The first-order valence-electron chi connectivity index (χ1n) is 11.0. The summed E-state index contributed by atoms with van der Waals surface area (Å²) in [4.78, 5) is 6.15. The minimum atomic E-state index is -0.432. The van der Waals surface area contributed by atoms with Crippen molar-refractivity contribution in [3.63, 3.8) is 0 Å². The third-order valence-electron chi connectivity index (χ3n) is 7.12. The van der Waals surface area contributed by atoms with Crippen LogP contribution in [-0.4, -0.2) is 44.5 Å². The molecule has 2 aliphatic heterocycles. The molecule has 2 bridgehead atoms. The number of pyridine rings is 1. The Morgan fingerprint density at radius 1 is 1.00 bits per heavy atom. The lowest BCUT2D eigenvalue weighted by atomic mass is 9.84. The summed E-state index contributed by atoms with van der Waals surface area (Å²) in [6, 6.07) is 10.2. The van der Waals surface area contributed by atoms with Crippen molar-refractivity contribution in [3.05, 3.63) is 54.6 Å². The molecule has 3 aromatic rings. The van der Waals surface area contributed by atoms with Crippen molar-refractivity contribution in [2.75, 3.05) is 11.9 Å². The van der Waals surface area contributed by atoms with Gasteiger partial charge in [-0.3, -0.25) is 4.98 Å². The molecule has 0 spiro atoms. The number of phenolic OH excluding ortho intramolecular Hbond substituents is 1. The van der Waals surface area contributed by atoms with Gasteiger partial charge in [-0.05, 0) is 81.5 Å². The van der Waals surface area contributed by atoms with Crippen molar-refractivity contribution < 1.29 is 9.50 Å². The van der Waals surface area contributed by atoms with Crippen LogP contribution in [-0.2, 0) is 0 Å². The summed E-state index contributed by atoms with van der Waals surface area (Å²) in [6.07, 6.45) is 7.69. The van der Waals surface area contributed by atoms with Crippen molar-refractivity contribution in [3.8, 4) is 28.1 Å². The number of halogens is 1. The first-order chi connectivity index (χ1) is 15.3. The lowest BCUT2D eigenvalue weighted by Gasteiger charge is -2.45. The Bertz CT molecular complexity index is 1120. The third-order valence-corrected chi connectivity index (χ3v) is 7.12. The maximum Gasteiger partial charge on any atom is 0.151 e. The Morgan fingerprint density at radius 2 is 1.69 bits per heavy atom. The van der Waals surface area contributed by atoms with Crippen LogP contribution in [0.5, 0.6) is 5.75 Å². The topological polar surface area (TPSA) is 74.2 Å². The molecule has 5 rings (SSSR count). The molecule has 2 fully saturated rings. The Kier molecular flexibility index (Phi) is 4.89. The number of rotatable bonds is 4. The van der Waals surface area contributed by atoms with Gasteiger partial charge in [-0.2, -0.15) is 0 Å². The van der Waals surface area contributed by atoms with E-state index in [1.165, 1.54) is 25.0 Å². The zero-order chi connectivity index (χ0) is 22.5. The molecule has 0 saturated carbocycles. The summed E-state index contributed by atoms with van der Waals surface area (Å²) >= 11 is 0. The summed E-state index contributed by atoms with van der Waals surface area (Å²) < 4.78 is 14.8. The van der Waals surface area contributed by atoms with Gasteiger partial charge in [-0.25, -0.2) is 4.39 Å². The fraction of sp³-hybridized carbons (Fsp3) is 0.400. The van der Waals surface area contributed by atoms with Crippen molar-refractivity contribution >= 4 is 5.82 Å². The molecule has 2 N–H and O–H groups in total. The van der Waals surface area contributed by atoms with Crippen LogP contribution < -0.4 is 10.2 Å². The average molecular weight is 434 g/mol. The number of phenols is 1. The Hall–Kier alpha value is -3.06. The molecular weight excluding hydrogens is 405 g/mol. The second kappa shape index (κ2) is 7.52. The number of nitrogens with one attached hydrogen (secondary N) is 1. The maximum atomic E-state index is 14.8. The molecule has 7 heteroatoms. The zero-order valence-electron chi connectivity index (χ0n) is 18.6. The highest BCUT2D eigenvalue weighted by Gasteiger charge is 2.49. The van der Waals surface area contributed by atoms with Crippen LogP contribution in [0.4, 0.5) is 10.2 Å². The number of fused-ring (bicyclic) bond motifs is 2. The molecule has 3 atom stereocenters. The number of anilines is 1. The average Bonchev–Trinajstić information content (AvgIpc) is 3.02. The van der Waals surface area contributed by atoms with Gasteiger partial charge in [0.25, 0.3) is 0 Å². The molecule has 4 heterocycles. The summed E-state index contributed by atoms with van der Waals surface area (Å²) in [7, 11) is 2.06. The van der Waals surface area contributed by atoms with E-state index in [9.17, 15) is 9.50 Å². The fourth-order valence-electron chi connectivity index (χ4n) is 5.46. The first-order valence-corrected chi connectivity index (χ1v) is 11.0. The number of piperidine rings is 1. The van der Waals surface area contributed by atoms with E-state index in [1.54, 1.807) is 30.6 Å². The van der Waals surface area contributed by atoms with Crippen molar-refractivity contribution in [1.82, 2.24) is 20.5 Å². The molecular formula is C25H28FN5O. The highest BCUT2D eigenvalue weighted by molar-refractivity contribution is 5.74. The minimum Gasteiger partial charge on any atom is -0.507 e. The number of benzene rings is 1. The Morgan fingerprint density at radius 3 is 2.31 bits per heavy atom. The molecule has 1 aromatic carbocycles. The summed E-state index contributed by atoms with van der Waals surface area (Å²) in [5.74, 6) is 0.309. The first kappa shape index (κ1) is 20.8. The Balaban J connectivity index is 1.39. The smallest absolute Gasteiger partial charge is 0.151 e. The van der Waals surface area contributed by atoms with Gasteiger partial charge in [0.2, 0.25) is 0 Å². The minimum absolute atomic E-state index is 0.0376. The van der Waals surface area contributed by atoms with Gasteiger partial charge in [0.15, 0.2) is 5.82 Å². The van der Waals surface area contributed by atoms with Crippen LogP contribution in [0.2, 0.25) is 0 Å². The summed E-state index contributed by atoms with van der Waals surface area (Å²) in [5, 5.41) is 23.1. The van der Waals surface area contributed by atoms with Gasteiger partial charge in [-0.1, -0.05) is 0 Å². The number of nitrogens with zero attached hydrogens (tertiary/aromatic N) is 4. The van der Waals surface area contributed by atoms with E-state index in [0.717, 1.165) is 18.7 Å². The predicted molar refractivity (Wildman–Crippen MR) is 123 cm³/mol. The van der Waals surface area contributed by atoms with Crippen molar-refractivity contribution in [2.24, 2.45) is 0 Å². The predicted octanol–water partition coefficient (Wildman–Crippen LogP) is 4.55. The molecule has 2 aliphatic rings. The van der Waals surface area contributed by atoms with Gasteiger partial charge in [0.05, 0.1) is 5.69 Å².